The molecule has 23 heavy (non-hydrogen) atoms. The molecule has 3 rings (SSSR count). The highest BCUT2D eigenvalue weighted by atomic mass is 79.9. The maximum atomic E-state index is 13.3. The molecule has 0 N–H and O–H groups in total. The fourth-order valence-corrected chi connectivity index (χ4v) is 3.28. The van der Waals surface area contributed by atoms with Crippen molar-refractivity contribution in [1.29, 1.82) is 0 Å². The average Bonchev–Trinajstić information content (AvgIpc) is 2.59. The second kappa shape index (κ2) is 7.32. The first-order valence-electron chi connectivity index (χ1n) is 7.71. The van der Waals surface area contributed by atoms with E-state index in [0.717, 1.165) is 44.0 Å². The molecule has 0 radical (unpaired) electrons. The molecule has 0 atom stereocenters. The molecule has 1 saturated heterocycles. The molecule has 2 aromatic rings. The third-order valence-electron chi connectivity index (χ3n) is 4.20. The van der Waals surface area contributed by atoms with Crippen LogP contribution in [0.25, 0.3) is 0 Å². The van der Waals surface area contributed by atoms with Gasteiger partial charge in [-0.05, 0) is 57.9 Å². The summed E-state index contributed by atoms with van der Waals surface area (Å²) < 4.78 is 19.0. The van der Waals surface area contributed by atoms with Gasteiger partial charge in [-0.15, -0.1) is 0 Å². The number of benzene rings is 2. The zero-order valence-electron chi connectivity index (χ0n) is 13.1. The molecule has 0 amide bonds. The quantitative estimate of drug-likeness (QED) is 0.801. The van der Waals surface area contributed by atoms with Gasteiger partial charge in [-0.1, -0.05) is 6.07 Å². The number of rotatable bonds is 4. The van der Waals surface area contributed by atoms with Gasteiger partial charge in [0.05, 0.1) is 11.6 Å². The van der Waals surface area contributed by atoms with Crippen LogP contribution in [-0.2, 0) is 6.54 Å². The zero-order chi connectivity index (χ0) is 16.2. The highest BCUT2D eigenvalue weighted by Gasteiger charge is 2.17. The summed E-state index contributed by atoms with van der Waals surface area (Å²) in [5, 5.41) is 0. The molecule has 3 nitrogen and oxygen atoms in total. The van der Waals surface area contributed by atoms with Crippen molar-refractivity contribution in [1.82, 2.24) is 4.90 Å². The minimum atomic E-state index is -0.210. The first-order valence-corrected chi connectivity index (χ1v) is 8.50. The Hall–Kier alpha value is -1.59. The second-order valence-corrected chi connectivity index (χ2v) is 6.56. The van der Waals surface area contributed by atoms with Crippen molar-refractivity contribution in [3.05, 3.63) is 58.3 Å². The molecule has 0 aromatic heterocycles. The molecule has 1 aliphatic heterocycles. The maximum absolute atomic E-state index is 13.3. The number of halogens is 2. The van der Waals surface area contributed by atoms with E-state index in [1.54, 1.807) is 7.11 Å². The van der Waals surface area contributed by atoms with Gasteiger partial charge in [0.1, 0.15) is 11.6 Å². The third kappa shape index (κ3) is 4.03. The van der Waals surface area contributed by atoms with Gasteiger partial charge in [0.15, 0.2) is 0 Å². The number of ether oxygens (including phenoxy) is 1. The predicted octanol–water partition coefficient (Wildman–Crippen LogP) is 3.92. The van der Waals surface area contributed by atoms with E-state index in [4.69, 9.17) is 4.74 Å². The first-order chi connectivity index (χ1) is 11.2. The minimum absolute atomic E-state index is 0.210. The lowest BCUT2D eigenvalue weighted by Crippen LogP contribution is -2.45. The summed E-state index contributed by atoms with van der Waals surface area (Å²) in [7, 11) is 1.68. The van der Waals surface area contributed by atoms with E-state index < -0.39 is 0 Å². The van der Waals surface area contributed by atoms with Crippen LogP contribution in [0.2, 0.25) is 0 Å². The molecular formula is C18H20BrFN2O. The van der Waals surface area contributed by atoms with Gasteiger partial charge in [0.2, 0.25) is 0 Å². The second-order valence-electron chi connectivity index (χ2n) is 5.71. The molecule has 0 saturated carbocycles. The van der Waals surface area contributed by atoms with Gasteiger partial charge >= 0.3 is 0 Å². The van der Waals surface area contributed by atoms with E-state index >= 15 is 0 Å². The standard InChI is InChI=1S/C18H20BrFN2O/c1-23-16-5-3-15(4-6-16)22-10-8-21(9-11-22)13-14-2-7-18(20)17(19)12-14/h2-7,12H,8-11,13H2,1H3. The van der Waals surface area contributed by atoms with Crippen molar-refractivity contribution in [2.24, 2.45) is 0 Å². The van der Waals surface area contributed by atoms with Crippen LogP contribution >= 0.6 is 15.9 Å². The summed E-state index contributed by atoms with van der Waals surface area (Å²) in [5.41, 5.74) is 2.37. The van der Waals surface area contributed by atoms with E-state index in [-0.39, 0.29) is 5.82 Å². The fraction of sp³-hybridized carbons (Fsp3) is 0.333. The molecule has 0 unspecified atom stereocenters. The van der Waals surface area contributed by atoms with Crippen molar-refractivity contribution in [2.75, 3.05) is 38.2 Å². The monoisotopic (exact) mass is 378 g/mol. The van der Waals surface area contributed by atoms with Crippen LogP contribution in [0.1, 0.15) is 5.56 Å². The largest absolute Gasteiger partial charge is 0.497 e. The normalized spacial score (nSPS) is 15.7. The van der Waals surface area contributed by atoms with Crippen LogP contribution in [0.15, 0.2) is 46.9 Å². The number of nitrogens with zero attached hydrogens (tertiary/aromatic N) is 2. The van der Waals surface area contributed by atoms with Crippen molar-refractivity contribution >= 4 is 21.6 Å². The van der Waals surface area contributed by atoms with Crippen molar-refractivity contribution in [3.8, 4) is 5.75 Å². The van der Waals surface area contributed by atoms with E-state index in [9.17, 15) is 4.39 Å². The molecule has 1 aliphatic rings. The van der Waals surface area contributed by atoms with Crippen LogP contribution in [0.5, 0.6) is 5.75 Å². The lowest BCUT2D eigenvalue weighted by atomic mass is 10.2. The lowest BCUT2D eigenvalue weighted by Gasteiger charge is -2.36. The van der Waals surface area contributed by atoms with Gasteiger partial charge < -0.3 is 9.64 Å². The SMILES string of the molecule is COc1ccc(N2CCN(Cc3ccc(F)c(Br)c3)CC2)cc1. The molecule has 122 valence electrons. The van der Waals surface area contributed by atoms with Crippen molar-refractivity contribution in [2.45, 2.75) is 6.54 Å². The molecule has 5 heteroatoms. The number of methoxy groups -OCH3 is 1. The Labute approximate surface area is 144 Å². The van der Waals surface area contributed by atoms with Gasteiger partial charge in [-0.25, -0.2) is 4.39 Å². The Bertz CT molecular complexity index is 655. The van der Waals surface area contributed by atoms with Crippen LogP contribution in [0.3, 0.4) is 0 Å². The number of hydrogen-bond acceptors (Lipinski definition) is 3. The van der Waals surface area contributed by atoms with Crippen molar-refractivity contribution in [3.63, 3.8) is 0 Å². The summed E-state index contributed by atoms with van der Waals surface area (Å²) in [6.45, 7) is 4.85. The molecule has 0 spiro atoms. The minimum Gasteiger partial charge on any atom is -0.497 e. The molecule has 0 bridgehead atoms. The van der Waals surface area contributed by atoms with Crippen molar-refractivity contribution < 1.29 is 9.13 Å². The molecule has 0 aliphatic carbocycles. The number of anilines is 1. The third-order valence-corrected chi connectivity index (χ3v) is 4.81. The molecule has 2 aromatic carbocycles. The van der Waals surface area contributed by atoms with E-state index in [2.05, 4.69) is 37.9 Å². The van der Waals surface area contributed by atoms with E-state index in [1.807, 2.05) is 24.3 Å². The summed E-state index contributed by atoms with van der Waals surface area (Å²) in [6, 6.07) is 13.4. The Morgan fingerprint density at radius 2 is 1.74 bits per heavy atom. The van der Waals surface area contributed by atoms with Gasteiger partial charge in [-0.2, -0.15) is 0 Å². The van der Waals surface area contributed by atoms with E-state index in [1.165, 1.54) is 11.8 Å². The van der Waals surface area contributed by atoms with Crippen LogP contribution in [-0.4, -0.2) is 38.2 Å². The first kappa shape index (κ1) is 16.3. The number of piperazine rings is 1. The highest BCUT2D eigenvalue weighted by molar-refractivity contribution is 9.10. The summed E-state index contributed by atoms with van der Waals surface area (Å²) in [4.78, 5) is 4.79. The van der Waals surface area contributed by atoms with Gasteiger partial charge in [-0.3, -0.25) is 4.90 Å². The Morgan fingerprint density at radius 3 is 2.35 bits per heavy atom. The lowest BCUT2D eigenvalue weighted by molar-refractivity contribution is 0.249. The summed E-state index contributed by atoms with van der Waals surface area (Å²) >= 11 is 3.25. The maximum Gasteiger partial charge on any atom is 0.137 e. The molecule has 1 fully saturated rings. The van der Waals surface area contributed by atoms with Gasteiger partial charge in [0.25, 0.3) is 0 Å². The topological polar surface area (TPSA) is 15.7 Å². The summed E-state index contributed by atoms with van der Waals surface area (Å²) in [6.07, 6.45) is 0. The Morgan fingerprint density at radius 1 is 1.04 bits per heavy atom. The number of hydrogen-bond donors (Lipinski definition) is 0. The molecule has 1 heterocycles. The predicted molar refractivity (Wildman–Crippen MR) is 94.6 cm³/mol. The summed E-state index contributed by atoms with van der Waals surface area (Å²) in [5.74, 6) is 0.673. The van der Waals surface area contributed by atoms with Crippen LogP contribution < -0.4 is 9.64 Å². The zero-order valence-corrected chi connectivity index (χ0v) is 14.7. The highest BCUT2D eigenvalue weighted by Crippen LogP contribution is 2.22. The Kier molecular flexibility index (Phi) is 5.18. The van der Waals surface area contributed by atoms with Gasteiger partial charge in [0, 0.05) is 38.4 Å². The Balaban J connectivity index is 1.56. The van der Waals surface area contributed by atoms with E-state index in [0.29, 0.717) is 4.47 Å². The van der Waals surface area contributed by atoms with Crippen LogP contribution in [0.4, 0.5) is 10.1 Å². The molecular weight excluding hydrogens is 359 g/mol. The average molecular weight is 379 g/mol. The van der Waals surface area contributed by atoms with Crippen LogP contribution in [0, 0.1) is 5.82 Å². The fourth-order valence-electron chi connectivity index (χ4n) is 2.85. The smallest absolute Gasteiger partial charge is 0.137 e.